The molecule has 4 rings (SSSR count). The largest absolute Gasteiger partial charge is 0.417 e. The number of amides is 1. The Morgan fingerprint density at radius 3 is 2.61 bits per heavy atom. The van der Waals surface area contributed by atoms with Gasteiger partial charge < -0.3 is 14.7 Å². The second kappa shape index (κ2) is 6.04. The van der Waals surface area contributed by atoms with Gasteiger partial charge in [-0.3, -0.25) is 4.79 Å². The molecule has 0 atom stereocenters. The minimum Gasteiger partial charge on any atom is -0.359 e. The quantitative estimate of drug-likeness (QED) is 0.485. The zero-order valence-electron chi connectivity index (χ0n) is 14.2. The van der Waals surface area contributed by atoms with E-state index in [0.29, 0.717) is 0 Å². The smallest absolute Gasteiger partial charge is 0.359 e. The Morgan fingerprint density at radius 2 is 1.89 bits per heavy atom. The van der Waals surface area contributed by atoms with Crippen LogP contribution in [-0.2, 0) is 6.18 Å². The second-order valence-electron chi connectivity index (χ2n) is 6.15. The van der Waals surface area contributed by atoms with Crippen LogP contribution in [-0.4, -0.2) is 20.3 Å². The van der Waals surface area contributed by atoms with Crippen LogP contribution in [0.25, 0.3) is 16.4 Å². The molecule has 0 unspecified atom stereocenters. The number of alkyl halides is 3. The summed E-state index contributed by atoms with van der Waals surface area (Å²) in [7, 11) is 0. The fourth-order valence-electron chi connectivity index (χ4n) is 2.97. The van der Waals surface area contributed by atoms with Gasteiger partial charge in [-0.2, -0.15) is 13.2 Å². The van der Waals surface area contributed by atoms with E-state index in [1.54, 1.807) is 0 Å². The van der Waals surface area contributed by atoms with Crippen molar-refractivity contribution in [2.24, 2.45) is 0 Å². The molecule has 0 aliphatic rings. The van der Waals surface area contributed by atoms with Crippen molar-refractivity contribution >= 4 is 28.0 Å². The molecule has 3 heterocycles. The number of H-pyrrole nitrogens is 1. The Hall–Kier alpha value is -3.43. The summed E-state index contributed by atoms with van der Waals surface area (Å²) in [5.74, 6) is -2.62. The average Bonchev–Trinajstić information content (AvgIpc) is 3.16. The Labute approximate surface area is 153 Å². The minimum atomic E-state index is -4.53. The predicted molar refractivity (Wildman–Crippen MR) is 91.1 cm³/mol. The molecule has 5 nitrogen and oxygen atoms in total. The van der Waals surface area contributed by atoms with Crippen molar-refractivity contribution < 1.29 is 26.7 Å². The molecule has 1 amide bonds. The van der Waals surface area contributed by atoms with Gasteiger partial charge in [-0.05, 0) is 25.1 Å². The molecule has 0 spiro atoms. The molecule has 28 heavy (non-hydrogen) atoms. The van der Waals surface area contributed by atoms with Crippen LogP contribution >= 0.6 is 0 Å². The first-order chi connectivity index (χ1) is 13.1. The van der Waals surface area contributed by atoms with E-state index in [9.17, 15) is 26.7 Å². The Bertz CT molecular complexity index is 1240. The molecule has 0 saturated carbocycles. The number of carbonyl (C=O) groups is 1. The highest BCUT2D eigenvalue weighted by atomic mass is 19.4. The maximum absolute atomic E-state index is 13.5. The molecule has 144 valence electrons. The number of rotatable bonds is 2. The third-order valence-electron chi connectivity index (χ3n) is 4.33. The number of anilines is 1. The van der Waals surface area contributed by atoms with Crippen molar-refractivity contribution in [1.82, 2.24) is 14.4 Å². The molecular formula is C18H11F5N4O. The summed E-state index contributed by atoms with van der Waals surface area (Å²) in [6.07, 6.45) is -2.32. The number of nitrogens with zero attached hydrogens (tertiary/aromatic N) is 2. The van der Waals surface area contributed by atoms with Gasteiger partial charge in [0.15, 0.2) is 17.3 Å². The normalized spacial score (nSPS) is 12.1. The number of benzene rings is 1. The Balaban J connectivity index is 1.73. The standard InChI is InChI=1S/C18H11F5N4O/c1-8-25-16(15-3-2-9(7-27(8)15)18(21,22)23)17(28)26-14-6-24-13-5-12(20)11(19)4-10(13)14/h2-7,24H,1H3,(H,26,28). The zero-order chi connectivity index (χ0) is 20.2. The number of fused-ring (bicyclic) bond motifs is 2. The van der Waals surface area contributed by atoms with Gasteiger partial charge in [0.2, 0.25) is 0 Å². The van der Waals surface area contributed by atoms with Gasteiger partial charge in [0, 0.05) is 23.8 Å². The van der Waals surface area contributed by atoms with Crippen LogP contribution in [0.5, 0.6) is 0 Å². The van der Waals surface area contributed by atoms with E-state index in [-0.39, 0.29) is 33.6 Å². The summed E-state index contributed by atoms with van der Waals surface area (Å²) in [4.78, 5) is 19.4. The monoisotopic (exact) mass is 394 g/mol. The van der Waals surface area contributed by atoms with Gasteiger partial charge >= 0.3 is 6.18 Å². The van der Waals surface area contributed by atoms with Gasteiger partial charge in [0.25, 0.3) is 5.91 Å². The van der Waals surface area contributed by atoms with Crippen LogP contribution in [0.2, 0.25) is 0 Å². The number of imidazole rings is 1. The van der Waals surface area contributed by atoms with Gasteiger partial charge in [-0.1, -0.05) is 0 Å². The van der Waals surface area contributed by atoms with Crippen LogP contribution < -0.4 is 5.32 Å². The fourth-order valence-corrected chi connectivity index (χ4v) is 2.97. The lowest BCUT2D eigenvalue weighted by atomic mass is 10.2. The topological polar surface area (TPSA) is 62.2 Å². The first-order valence-corrected chi connectivity index (χ1v) is 7.98. The minimum absolute atomic E-state index is 0.0943. The fraction of sp³-hybridized carbons (Fsp3) is 0.111. The summed E-state index contributed by atoms with van der Waals surface area (Å²) < 4.78 is 66.7. The highest BCUT2D eigenvalue weighted by Gasteiger charge is 2.31. The van der Waals surface area contributed by atoms with Crippen molar-refractivity contribution in [3.8, 4) is 0 Å². The second-order valence-corrected chi connectivity index (χ2v) is 6.15. The number of halogens is 5. The van der Waals surface area contributed by atoms with E-state index >= 15 is 0 Å². The lowest BCUT2D eigenvalue weighted by Crippen LogP contribution is -2.13. The van der Waals surface area contributed by atoms with E-state index in [0.717, 1.165) is 30.5 Å². The van der Waals surface area contributed by atoms with Crippen molar-refractivity contribution in [3.05, 3.63) is 65.4 Å². The molecule has 0 radical (unpaired) electrons. The third-order valence-corrected chi connectivity index (χ3v) is 4.33. The molecule has 10 heteroatoms. The number of carbonyl (C=O) groups excluding carboxylic acids is 1. The van der Waals surface area contributed by atoms with Crippen molar-refractivity contribution in [2.45, 2.75) is 13.1 Å². The number of nitrogens with one attached hydrogen (secondary N) is 2. The molecule has 0 saturated heterocycles. The van der Waals surface area contributed by atoms with Crippen molar-refractivity contribution in [2.75, 3.05) is 5.32 Å². The zero-order valence-corrected chi connectivity index (χ0v) is 14.2. The number of aromatic nitrogens is 3. The van der Waals surface area contributed by atoms with Crippen LogP contribution in [0.1, 0.15) is 21.9 Å². The molecule has 1 aromatic carbocycles. The van der Waals surface area contributed by atoms with Gasteiger partial charge in [-0.15, -0.1) is 0 Å². The maximum Gasteiger partial charge on any atom is 0.417 e. The van der Waals surface area contributed by atoms with Crippen molar-refractivity contribution in [3.63, 3.8) is 0 Å². The summed E-state index contributed by atoms with van der Waals surface area (Å²) >= 11 is 0. The molecule has 3 aromatic heterocycles. The third kappa shape index (κ3) is 2.86. The van der Waals surface area contributed by atoms with E-state index in [2.05, 4.69) is 15.3 Å². The predicted octanol–water partition coefficient (Wildman–Crippen LogP) is 4.67. The summed E-state index contributed by atoms with van der Waals surface area (Å²) in [5.41, 5.74) is -0.329. The Kier molecular flexibility index (Phi) is 3.88. The lowest BCUT2D eigenvalue weighted by molar-refractivity contribution is -0.137. The molecule has 2 N–H and O–H groups in total. The lowest BCUT2D eigenvalue weighted by Gasteiger charge is -2.07. The highest BCUT2D eigenvalue weighted by molar-refractivity contribution is 6.11. The first-order valence-electron chi connectivity index (χ1n) is 7.98. The van der Waals surface area contributed by atoms with E-state index in [1.807, 2.05) is 0 Å². The number of aromatic amines is 1. The molecule has 0 bridgehead atoms. The summed E-state index contributed by atoms with van der Waals surface area (Å²) in [6.45, 7) is 1.47. The van der Waals surface area contributed by atoms with Crippen molar-refractivity contribution in [1.29, 1.82) is 0 Å². The summed E-state index contributed by atoms with van der Waals surface area (Å²) in [5, 5.41) is 2.76. The number of pyridine rings is 1. The number of aryl methyl sites for hydroxylation is 1. The van der Waals surface area contributed by atoms with E-state index in [1.165, 1.54) is 17.5 Å². The maximum atomic E-state index is 13.5. The average molecular weight is 394 g/mol. The molecule has 4 aromatic rings. The SMILES string of the molecule is Cc1nc(C(=O)Nc2c[nH]c3cc(F)c(F)cc23)c2ccc(C(F)(F)F)cn12. The van der Waals surface area contributed by atoms with Crippen LogP contribution in [0, 0.1) is 18.6 Å². The molecule has 0 aliphatic heterocycles. The summed E-state index contributed by atoms with van der Waals surface area (Å²) in [6, 6.07) is 3.90. The highest BCUT2D eigenvalue weighted by Crippen LogP contribution is 2.30. The van der Waals surface area contributed by atoms with E-state index < -0.39 is 29.3 Å². The van der Waals surface area contributed by atoms with E-state index in [4.69, 9.17) is 0 Å². The molecule has 0 fully saturated rings. The van der Waals surface area contributed by atoms with Crippen LogP contribution in [0.4, 0.5) is 27.6 Å². The van der Waals surface area contributed by atoms with Crippen LogP contribution in [0.3, 0.4) is 0 Å². The molecular weight excluding hydrogens is 383 g/mol. The number of hydrogen-bond acceptors (Lipinski definition) is 2. The Morgan fingerprint density at radius 1 is 1.18 bits per heavy atom. The van der Waals surface area contributed by atoms with Crippen LogP contribution in [0.15, 0.2) is 36.7 Å². The number of hydrogen-bond donors (Lipinski definition) is 2. The van der Waals surface area contributed by atoms with Gasteiger partial charge in [0.05, 0.1) is 22.3 Å². The molecule has 0 aliphatic carbocycles. The van der Waals surface area contributed by atoms with Gasteiger partial charge in [-0.25, -0.2) is 13.8 Å². The first kappa shape index (κ1) is 18.0. The van der Waals surface area contributed by atoms with Gasteiger partial charge in [0.1, 0.15) is 5.82 Å².